The topological polar surface area (TPSA) is 61.4 Å². The van der Waals surface area contributed by atoms with Crippen LogP contribution in [0, 0.1) is 12.7 Å². The van der Waals surface area contributed by atoms with Crippen molar-refractivity contribution in [2.75, 3.05) is 23.3 Å². The maximum atomic E-state index is 13.3. The first-order valence-electron chi connectivity index (χ1n) is 9.37. The number of rotatable bonds is 6. The van der Waals surface area contributed by atoms with Gasteiger partial charge in [-0.05, 0) is 67.1 Å². The van der Waals surface area contributed by atoms with Gasteiger partial charge in [-0.25, -0.2) is 9.18 Å². The Morgan fingerprint density at radius 3 is 2.30 bits per heavy atom. The molecule has 0 bridgehead atoms. The van der Waals surface area contributed by atoms with E-state index in [2.05, 4.69) is 10.6 Å². The number of carbonyl (C=O) groups excluding carboxylic acids is 2. The number of anilines is 2. The number of carbonyl (C=O) groups is 2. The van der Waals surface area contributed by atoms with Gasteiger partial charge in [-0.1, -0.05) is 29.8 Å². The minimum atomic E-state index is -0.408. The second-order valence-electron chi connectivity index (χ2n) is 6.64. The van der Waals surface area contributed by atoms with Gasteiger partial charge in [-0.15, -0.1) is 0 Å². The van der Waals surface area contributed by atoms with E-state index in [9.17, 15) is 14.0 Å². The predicted molar refractivity (Wildman–Crippen MR) is 118 cm³/mol. The van der Waals surface area contributed by atoms with Crippen LogP contribution >= 0.6 is 11.6 Å². The van der Waals surface area contributed by atoms with Gasteiger partial charge in [0, 0.05) is 35.1 Å². The first kappa shape index (κ1) is 21.3. The quantitative estimate of drug-likeness (QED) is 0.566. The summed E-state index contributed by atoms with van der Waals surface area (Å²) >= 11 is 5.88. The number of urea groups is 1. The van der Waals surface area contributed by atoms with Gasteiger partial charge in [0.05, 0.1) is 0 Å². The first-order valence-corrected chi connectivity index (χ1v) is 9.75. The highest BCUT2D eigenvalue weighted by Crippen LogP contribution is 2.18. The molecular weight excluding hydrogens is 405 g/mol. The molecule has 0 spiro atoms. The van der Waals surface area contributed by atoms with Crippen LogP contribution in [0.2, 0.25) is 5.02 Å². The Labute approximate surface area is 179 Å². The molecule has 30 heavy (non-hydrogen) atoms. The maximum absolute atomic E-state index is 13.3. The average Bonchev–Trinajstić information content (AvgIpc) is 2.74. The van der Waals surface area contributed by atoms with Crippen LogP contribution in [0.15, 0.2) is 72.8 Å². The smallest absolute Gasteiger partial charge is 0.326 e. The normalized spacial score (nSPS) is 10.4. The van der Waals surface area contributed by atoms with Gasteiger partial charge in [0.1, 0.15) is 5.82 Å². The third-order valence-corrected chi connectivity index (χ3v) is 4.74. The number of halogens is 2. The molecule has 0 saturated carbocycles. The molecule has 0 radical (unpaired) electrons. The van der Waals surface area contributed by atoms with Crippen LogP contribution in [-0.2, 0) is 0 Å². The molecule has 0 heterocycles. The maximum Gasteiger partial charge on any atom is 0.326 e. The predicted octanol–water partition coefficient (Wildman–Crippen LogP) is 5.26. The van der Waals surface area contributed by atoms with E-state index in [4.69, 9.17) is 11.6 Å². The SMILES string of the molecule is Cc1ccccc1C(=O)NCCN(C(=O)Nc1ccc(Cl)cc1)c1ccc(F)cc1. The Morgan fingerprint density at radius 2 is 1.63 bits per heavy atom. The first-order chi connectivity index (χ1) is 14.4. The van der Waals surface area contributed by atoms with E-state index in [1.807, 2.05) is 19.1 Å². The third kappa shape index (κ3) is 5.58. The van der Waals surface area contributed by atoms with E-state index in [1.165, 1.54) is 29.2 Å². The summed E-state index contributed by atoms with van der Waals surface area (Å²) in [4.78, 5) is 26.7. The summed E-state index contributed by atoms with van der Waals surface area (Å²) in [5, 5.41) is 6.17. The van der Waals surface area contributed by atoms with Crippen LogP contribution in [0.5, 0.6) is 0 Å². The number of hydrogen-bond acceptors (Lipinski definition) is 2. The van der Waals surface area contributed by atoms with E-state index in [0.717, 1.165) is 5.56 Å². The van der Waals surface area contributed by atoms with Crippen LogP contribution in [0.3, 0.4) is 0 Å². The summed E-state index contributed by atoms with van der Waals surface area (Å²) in [6, 6.07) is 19.2. The average molecular weight is 426 g/mol. The van der Waals surface area contributed by atoms with Crippen molar-refractivity contribution in [3.8, 4) is 0 Å². The van der Waals surface area contributed by atoms with E-state index in [-0.39, 0.29) is 19.0 Å². The van der Waals surface area contributed by atoms with E-state index < -0.39 is 11.8 Å². The molecule has 0 aromatic heterocycles. The van der Waals surface area contributed by atoms with E-state index >= 15 is 0 Å². The summed E-state index contributed by atoms with van der Waals surface area (Å²) in [6.07, 6.45) is 0. The molecule has 0 unspecified atom stereocenters. The van der Waals surface area contributed by atoms with Crippen LogP contribution in [0.4, 0.5) is 20.6 Å². The van der Waals surface area contributed by atoms with Gasteiger partial charge in [0.25, 0.3) is 5.91 Å². The van der Waals surface area contributed by atoms with Crippen molar-refractivity contribution in [2.24, 2.45) is 0 Å². The van der Waals surface area contributed by atoms with Gasteiger partial charge in [0.2, 0.25) is 0 Å². The lowest BCUT2D eigenvalue weighted by Gasteiger charge is -2.23. The van der Waals surface area contributed by atoms with E-state index in [1.54, 1.807) is 36.4 Å². The molecule has 0 saturated heterocycles. The molecular formula is C23H21ClFN3O2. The molecule has 0 aliphatic carbocycles. The lowest BCUT2D eigenvalue weighted by Crippen LogP contribution is -2.41. The number of nitrogens with zero attached hydrogens (tertiary/aromatic N) is 1. The fraction of sp³-hybridized carbons (Fsp3) is 0.130. The van der Waals surface area contributed by atoms with Gasteiger partial charge >= 0.3 is 6.03 Å². The summed E-state index contributed by atoms with van der Waals surface area (Å²) < 4.78 is 13.3. The molecule has 3 amide bonds. The fourth-order valence-electron chi connectivity index (χ4n) is 2.90. The fourth-order valence-corrected chi connectivity index (χ4v) is 3.02. The van der Waals surface area contributed by atoms with Crippen molar-refractivity contribution >= 4 is 34.9 Å². The zero-order chi connectivity index (χ0) is 21.5. The lowest BCUT2D eigenvalue weighted by molar-refractivity contribution is 0.0954. The van der Waals surface area contributed by atoms with Gasteiger partial charge in [0.15, 0.2) is 0 Å². The zero-order valence-electron chi connectivity index (χ0n) is 16.4. The Bertz CT molecular complexity index is 1020. The monoisotopic (exact) mass is 425 g/mol. The molecule has 0 aliphatic heterocycles. The molecule has 7 heteroatoms. The number of amides is 3. The van der Waals surface area contributed by atoms with Crippen molar-refractivity contribution in [3.05, 3.63) is 94.8 Å². The van der Waals surface area contributed by atoms with Crippen LogP contribution in [-0.4, -0.2) is 25.0 Å². The number of nitrogens with one attached hydrogen (secondary N) is 2. The van der Waals surface area contributed by atoms with Gasteiger partial charge < -0.3 is 10.6 Å². The standard InChI is InChI=1S/C23H21ClFN3O2/c1-16-4-2-3-5-21(16)22(29)26-14-15-28(20-12-8-18(25)9-13-20)23(30)27-19-10-6-17(24)7-11-19/h2-13H,14-15H2,1H3,(H,26,29)(H,27,30). The van der Waals surface area contributed by atoms with Gasteiger partial charge in [-0.3, -0.25) is 9.69 Å². The van der Waals surface area contributed by atoms with Crippen LogP contribution < -0.4 is 15.5 Å². The summed E-state index contributed by atoms with van der Waals surface area (Å²) in [7, 11) is 0. The summed E-state index contributed by atoms with van der Waals surface area (Å²) in [5.74, 6) is -0.616. The van der Waals surface area contributed by atoms with E-state index in [0.29, 0.717) is 22.0 Å². The summed E-state index contributed by atoms with van der Waals surface area (Å²) in [5.41, 5.74) is 2.52. The molecule has 2 N–H and O–H groups in total. The largest absolute Gasteiger partial charge is 0.350 e. The lowest BCUT2D eigenvalue weighted by atomic mass is 10.1. The van der Waals surface area contributed by atoms with Crippen LogP contribution in [0.1, 0.15) is 15.9 Å². The number of benzene rings is 3. The van der Waals surface area contributed by atoms with Crippen molar-refractivity contribution in [3.63, 3.8) is 0 Å². The molecule has 5 nitrogen and oxygen atoms in total. The van der Waals surface area contributed by atoms with Crippen molar-refractivity contribution < 1.29 is 14.0 Å². The minimum Gasteiger partial charge on any atom is -0.350 e. The highest BCUT2D eigenvalue weighted by atomic mass is 35.5. The minimum absolute atomic E-state index is 0.197. The number of aryl methyl sites for hydroxylation is 1. The highest BCUT2D eigenvalue weighted by molar-refractivity contribution is 6.30. The Morgan fingerprint density at radius 1 is 0.967 bits per heavy atom. The molecule has 0 fully saturated rings. The number of hydrogen-bond donors (Lipinski definition) is 2. The molecule has 0 aliphatic rings. The molecule has 3 rings (SSSR count). The molecule has 3 aromatic carbocycles. The second-order valence-corrected chi connectivity index (χ2v) is 7.07. The zero-order valence-corrected chi connectivity index (χ0v) is 17.1. The Hall–Kier alpha value is -3.38. The van der Waals surface area contributed by atoms with Crippen molar-refractivity contribution in [1.29, 1.82) is 0 Å². The highest BCUT2D eigenvalue weighted by Gasteiger charge is 2.17. The Balaban J connectivity index is 1.70. The second kappa shape index (κ2) is 9.89. The Kier molecular flexibility index (Phi) is 7.03. The summed E-state index contributed by atoms with van der Waals surface area (Å²) in [6.45, 7) is 2.28. The molecule has 154 valence electrons. The van der Waals surface area contributed by atoms with Crippen molar-refractivity contribution in [2.45, 2.75) is 6.92 Å². The third-order valence-electron chi connectivity index (χ3n) is 4.49. The molecule has 0 atom stereocenters. The van der Waals surface area contributed by atoms with Crippen molar-refractivity contribution in [1.82, 2.24) is 5.32 Å². The molecule has 3 aromatic rings. The van der Waals surface area contributed by atoms with Crippen LogP contribution in [0.25, 0.3) is 0 Å². The van der Waals surface area contributed by atoms with Gasteiger partial charge in [-0.2, -0.15) is 0 Å².